The fraction of sp³-hybridized carbons (Fsp3) is 0.235. The van der Waals surface area contributed by atoms with E-state index in [4.69, 9.17) is 0 Å². The average molecular weight is 283 g/mol. The number of amides is 1. The van der Waals surface area contributed by atoms with Crippen LogP contribution in [-0.2, 0) is 4.79 Å². The van der Waals surface area contributed by atoms with Gasteiger partial charge in [0.05, 0.1) is 5.75 Å². The first-order chi connectivity index (χ1) is 9.66. The minimum absolute atomic E-state index is 0.0881. The molecule has 1 fully saturated rings. The van der Waals surface area contributed by atoms with Gasteiger partial charge in [0.25, 0.3) is 0 Å². The van der Waals surface area contributed by atoms with Crippen LogP contribution in [0.1, 0.15) is 22.1 Å². The quantitative estimate of drug-likeness (QED) is 0.827. The minimum atomic E-state index is 0.0881. The van der Waals surface area contributed by atoms with Gasteiger partial charge >= 0.3 is 0 Å². The second kappa shape index (κ2) is 5.33. The summed E-state index contributed by atoms with van der Waals surface area (Å²) in [6, 6.07) is 16.5. The Labute approximate surface area is 123 Å². The lowest BCUT2D eigenvalue weighted by Crippen LogP contribution is -2.28. The number of nitrogens with zero attached hydrogens (tertiary/aromatic N) is 1. The van der Waals surface area contributed by atoms with Crippen molar-refractivity contribution in [1.29, 1.82) is 0 Å². The van der Waals surface area contributed by atoms with Crippen LogP contribution < -0.4 is 4.90 Å². The zero-order valence-electron chi connectivity index (χ0n) is 11.7. The summed E-state index contributed by atoms with van der Waals surface area (Å²) >= 11 is 1.70. The Morgan fingerprint density at radius 3 is 2.55 bits per heavy atom. The van der Waals surface area contributed by atoms with Gasteiger partial charge in [-0.1, -0.05) is 48.0 Å². The Hall–Kier alpha value is -1.74. The molecule has 20 heavy (non-hydrogen) atoms. The van der Waals surface area contributed by atoms with Crippen molar-refractivity contribution >= 4 is 23.4 Å². The van der Waals surface area contributed by atoms with E-state index in [9.17, 15) is 4.79 Å². The third-order valence-corrected chi connectivity index (χ3v) is 4.78. The van der Waals surface area contributed by atoms with E-state index in [0.29, 0.717) is 5.75 Å². The van der Waals surface area contributed by atoms with Crippen molar-refractivity contribution in [3.05, 3.63) is 65.2 Å². The van der Waals surface area contributed by atoms with Gasteiger partial charge in [-0.3, -0.25) is 9.69 Å². The van der Waals surface area contributed by atoms with Gasteiger partial charge in [0.2, 0.25) is 5.91 Å². The van der Waals surface area contributed by atoms with E-state index in [2.05, 4.69) is 44.2 Å². The number of hydrogen-bond donors (Lipinski definition) is 0. The zero-order valence-corrected chi connectivity index (χ0v) is 12.5. The molecule has 0 bridgehead atoms. The molecular formula is C17H17NOS. The van der Waals surface area contributed by atoms with E-state index >= 15 is 0 Å². The second-order valence-electron chi connectivity index (χ2n) is 5.13. The van der Waals surface area contributed by atoms with E-state index in [0.717, 1.165) is 11.3 Å². The molecule has 1 aliphatic heterocycles. The molecule has 0 aromatic heterocycles. The van der Waals surface area contributed by atoms with Crippen molar-refractivity contribution < 1.29 is 4.79 Å². The highest BCUT2D eigenvalue weighted by molar-refractivity contribution is 8.00. The van der Waals surface area contributed by atoms with E-state index in [1.165, 1.54) is 11.1 Å². The van der Waals surface area contributed by atoms with Crippen LogP contribution in [0.4, 0.5) is 5.69 Å². The predicted octanol–water partition coefficient (Wildman–Crippen LogP) is 4.08. The van der Waals surface area contributed by atoms with E-state index in [1.807, 2.05) is 23.1 Å². The van der Waals surface area contributed by atoms with Crippen LogP contribution in [0, 0.1) is 13.8 Å². The topological polar surface area (TPSA) is 20.3 Å². The highest BCUT2D eigenvalue weighted by atomic mass is 32.2. The fourth-order valence-corrected chi connectivity index (χ4v) is 3.79. The normalized spacial score (nSPS) is 18.6. The van der Waals surface area contributed by atoms with Crippen LogP contribution in [0.25, 0.3) is 0 Å². The molecule has 2 aromatic carbocycles. The van der Waals surface area contributed by atoms with Crippen molar-refractivity contribution in [2.75, 3.05) is 10.7 Å². The van der Waals surface area contributed by atoms with Crippen molar-refractivity contribution in [2.24, 2.45) is 0 Å². The maximum Gasteiger partial charge on any atom is 0.238 e. The molecular weight excluding hydrogens is 266 g/mol. The Balaban J connectivity index is 2.03. The zero-order chi connectivity index (χ0) is 14.1. The fourth-order valence-electron chi connectivity index (χ4n) is 2.62. The highest BCUT2D eigenvalue weighted by Gasteiger charge is 2.34. The van der Waals surface area contributed by atoms with Crippen LogP contribution in [0.15, 0.2) is 48.5 Å². The van der Waals surface area contributed by atoms with Gasteiger partial charge < -0.3 is 0 Å². The molecule has 3 rings (SSSR count). The Bertz CT molecular complexity index is 639. The molecule has 0 aliphatic carbocycles. The molecule has 1 saturated heterocycles. The highest BCUT2D eigenvalue weighted by Crippen LogP contribution is 2.42. The van der Waals surface area contributed by atoms with Gasteiger partial charge in [-0.2, -0.15) is 0 Å². The van der Waals surface area contributed by atoms with Gasteiger partial charge in [-0.25, -0.2) is 0 Å². The van der Waals surface area contributed by atoms with E-state index in [1.54, 1.807) is 11.8 Å². The minimum Gasteiger partial charge on any atom is -0.295 e. The number of anilines is 1. The van der Waals surface area contributed by atoms with Gasteiger partial charge in [-0.15, -0.1) is 11.8 Å². The van der Waals surface area contributed by atoms with E-state index in [-0.39, 0.29) is 11.3 Å². The smallest absolute Gasteiger partial charge is 0.238 e. The second-order valence-corrected chi connectivity index (χ2v) is 6.20. The number of carbonyl (C=O) groups is 1. The number of hydrogen-bond acceptors (Lipinski definition) is 2. The molecule has 2 aromatic rings. The third kappa shape index (κ3) is 2.34. The number of rotatable bonds is 2. The molecule has 0 spiro atoms. The van der Waals surface area contributed by atoms with Crippen molar-refractivity contribution in [2.45, 2.75) is 19.2 Å². The summed E-state index contributed by atoms with van der Waals surface area (Å²) in [5.74, 6) is 0.739. The first-order valence-corrected chi connectivity index (χ1v) is 7.77. The lowest BCUT2D eigenvalue weighted by Gasteiger charge is -2.26. The number of aryl methyl sites for hydroxylation is 2. The predicted molar refractivity (Wildman–Crippen MR) is 85.0 cm³/mol. The molecule has 0 radical (unpaired) electrons. The monoisotopic (exact) mass is 283 g/mol. The number of carbonyl (C=O) groups excluding carboxylic acids is 1. The first-order valence-electron chi connectivity index (χ1n) is 6.72. The average Bonchev–Trinajstić information content (AvgIpc) is 2.82. The summed E-state index contributed by atoms with van der Waals surface area (Å²) < 4.78 is 0. The molecule has 102 valence electrons. The van der Waals surface area contributed by atoms with Crippen molar-refractivity contribution in [3.8, 4) is 0 Å². The maximum atomic E-state index is 12.3. The molecule has 0 N–H and O–H groups in total. The number of benzene rings is 2. The molecule has 1 unspecified atom stereocenters. The summed E-state index contributed by atoms with van der Waals surface area (Å²) in [6.45, 7) is 4.15. The summed E-state index contributed by atoms with van der Waals surface area (Å²) in [4.78, 5) is 14.2. The molecule has 1 atom stereocenters. The summed E-state index contributed by atoms with van der Waals surface area (Å²) in [5.41, 5.74) is 4.59. The van der Waals surface area contributed by atoms with Crippen molar-refractivity contribution in [3.63, 3.8) is 0 Å². The van der Waals surface area contributed by atoms with Crippen LogP contribution >= 0.6 is 11.8 Å². The molecule has 1 aliphatic rings. The van der Waals surface area contributed by atoms with Crippen LogP contribution in [0.5, 0.6) is 0 Å². The standard InChI is InChI=1S/C17H17NOS/c1-12-8-9-15(13(2)10-12)18-16(19)11-20-17(18)14-6-4-3-5-7-14/h3-10,17H,11H2,1-2H3. The van der Waals surface area contributed by atoms with Gasteiger partial charge in [0.1, 0.15) is 5.37 Å². The molecule has 1 heterocycles. The number of thioether (sulfide) groups is 1. The third-order valence-electron chi connectivity index (χ3n) is 3.56. The Kier molecular flexibility index (Phi) is 3.53. The largest absolute Gasteiger partial charge is 0.295 e. The lowest BCUT2D eigenvalue weighted by molar-refractivity contribution is -0.115. The van der Waals surface area contributed by atoms with Gasteiger partial charge in [0, 0.05) is 5.69 Å². The van der Waals surface area contributed by atoms with Crippen LogP contribution in [0.2, 0.25) is 0 Å². The Morgan fingerprint density at radius 2 is 1.85 bits per heavy atom. The SMILES string of the molecule is Cc1ccc(N2C(=O)CSC2c2ccccc2)c(C)c1. The van der Waals surface area contributed by atoms with Crippen molar-refractivity contribution in [1.82, 2.24) is 0 Å². The maximum absolute atomic E-state index is 12.3. The lowest BCUT2D eigenvalue weighted by atomic mass is 10.1. The molecule has 2 nitrogen and oxygen atoms in total. The van der Waals surface area contributed by atoms with Crippen LogP contribution in [0.3, 0.4) is 0 Å². The van der Waals surface area contributed by atoms with Gasteiger partial charge in [-0.05, 0) is 31.0 Å². The molecule has 3 heteroatoms. The molecule has 0 saturated carbocycles. The summed E-state index contributed by atoms with van der Waals surface area (Å²) in [5, 5.41) is 0.0881. The summed E-state index contributed by atoms with van der Waals surface area (Å²) in [7, 11) is 0. The molecule has 1 amide bonds. The van der Waals surface area contributed by atoms with E-state index < -0.39 is 0 Å². The summed E-state index contributed by atoms with van der Waals surface area (Å²) in [6.07, 6.45) is 0. The first kappa shape index (κ1) is 13.3. The van der Waals surface area contributed by atoms with Gasteiger partial charge in [0.15, 0.2) is 0 Å². The Morgan fingerprint density at radius 1 is 1.10 bits per heavy atom. The van der Waals surface area contributed by atoms with Crippen LogP contribution in [-0.4, -0.2) is 11.7 Å².